The lowest BCUT2D eigenvalue weighted by Crippen LogP contribution is -2.63. The minimum absolute atomic E-state index is 0.00517. The Balaban J connectivity index is 1.71. The first-order valence-electron chi connectivity index (χ1n) is 10.5. The van der Waals surface area contributed by atoms with Gasteiger partial charge in [0.1, 0.15) is 5.75 Å². The zero-order valence-electron chi connectivity index (χ0n) is 17.2. The number of ether oxygens (including phenoxy) is 1. The topological polar surface area (TPSA) is 41.6 Å². The summed E-state index contributed by atoms with van der Waals surface area (Å²) in [6.45, 7) is 2.08. The molecule has 1 saturated carbocycles. The van der Waals surface area contributed by atoms with Crippen molar-refractivity contribution in [3.05, 3.63) is 28.8 Å². The average molecular weight is 410 g/mol. The van der Waals surface area contributed by atoms with Crippen molar-refractivity contribution in [2.75, 3.05) is 14.2 Å². The van der Waals surface area contributed by atoms with Gasteiger partial charge in [-0.05, 0) is 75.6 Å². The van der Waals surface area contributed by atoms with E-state index in [1.54, 1.807) is 0 Å². The molecule has 3 unspecified atom stereocenters. The van der Waals surface area contributed by atoms with Crippen molar-refractivity contribution >= 4 is 5.91 Å². The normalized spacial score (nSPS) is 29.7. The highest BCUT2D eigenvalue weighted by atomic mass is 19.4. The number of fused-ring (bicyclic) bond motifs is 2. The van der Waals surface area contributed by atoms with Crippen molar-refractivity contribution in [2.24, 2.45) is 0 Å². The average Bonchev–Trinajstić information content (AvgIpc) is 3.48. The van der Waals surface area contributed by atoms with Crippen molar-refractivity contribution in [1.82, 2.24) is 10.2 Å². The highest BCUT2D eigenvalue weighted by Gasteiger charge is 2.50. The monoisotopic (exact) mass is 410 g/mol. The Morgan fingerprint density at radius 1 is 1.24 bits per heavy atom. The van der Waals surface area contributed by atoms with Gasteiger partial charge in [0.25, 0.3) is 5.91 Å². The predicted molar refractivity (Wildman–Crippen MR) is 104 cm³/mol. The van der Waals surface area contributed by atoms with Gasteiger partial charge in [0, 0.05) is 12.1 Å². The Morgan fingerprint density at radius 2 is 1.97 bits per heavy atom. The molecule has 1 aliphatic carbocycles. The fraction of sp³-hybridized carbons (Fsp3) is 0.682. The lowest BCUT2D eigenvalue weighted by Gasteiger charge is -2.47. The first-order chi connectivity index (χ1) is 13.7. The van der Waals surface area contributed by atoms with Crippen LogP contribution in [0.2, 0.25) is 0 Å². The van der Waals surface area contributed by atoms with Crippen molar-refractivity contribution < 1.29 is 22.7 Å². The Bertz CT molecular complexity index is 806. The lowest BCUT2D eigenvalue weighted by atomic mass is 9.79. The minimum atomic E-state index is -4.47. The smallest absolute Gasteiger partial charge is 0.416 e. The largest absolute Gasteiger partial charge is 0.496 e. The van der Waals surface area contributed by atoms with E-state index in [1.807, 2.05) is 0 Å². The molecular weight excluding hydrogens is 381 g/mol. The van der Waals surface area contributed by atoms with Crippen LogP contribution in [0.25, 0.3) is 0 Å². The van der Waals surface area contributed by atoms with E-state index in [9.17, 15) is 18.0 Å². The molecule has 1 N–H and O–H groups in total. The molecule has 0 spiro atoms. The number of amides is 1. The highest BCUT2D eigenvalue weighted by Crippen LogP contribution is 2.47. The fourth-order valence-electron chi connectivity index (χ4n) is 5.47. The zero-order chi connectivity index (χ0) is 21.0. The summed E-state index contributed by atoms with van der Waals surface area (Å²) < 4.78 is 45.4. The molecule has 4 rings (SSSR count). The molecule has 2 heterocycles. The summed E-state index contributed by atoms with van der Waals surface area (Å²) in [5.74, 6) is -0.300. The SMILES string of the molecule is CCC1(NC(=O)c2c(OC)cc(C(F)(F)F)cc2C2CC2)CCC2CCC1N2C. The number of likely N-dealkylation sites (N-methyl/N-ethyl adjacent to an activating group) is 1. The Hall–Kier alpha value is -1.76. The molecule has 1 aromatic rings. The summed E-state index contributed by atoms with van der Waals surface area (Å²) in [4.78, 5) is 15.8. The van der Waals surface area contributed by atoms with E-state index >= 15 is 0 Å². The van der Waals surface area contributed by atoms with E-state index in [2.05, 4.69) is 24.2 Å². The molecule has 1 aromatic carbocycles. The Labute approximate surface area is 169 Å². The number of piperidine rings is 1. The number of methoxy groups -OCH3 is 1. The van der Waals surface area contributed by atoms with Gasteiger partial charge in [-0.15, -0.1) is 0 Å². The minimum Gasteiger partial charge on any atom is -0.496 e. The maximum atomic E-state index is 13.5. The number of benzene rings is 1. The number of hydrogen-bond donors (Lipinski definition) is 1. The van der Waals surface area contributed by atoms with Crippen molar-refractivity contribution in [1.29, 1.82) is 0 Å². The van der Waals surface area contributed by atoms with Crippen LogP contribution >= 0.6 is 0 Å². The molecule has 7 heteroatoms. The van der Waals surface area contributed by atoms with Crippen LogP contribution in [0.3, 0.4) is 0 Å². The predicted octanol–water partition coefficient (Wildman–Crippen LogP) is 4.73. The van der Waals surface area contributed by atoms with Crippen molar-refractivity contribution in [3.8, 4) is 5.75 Å². The number of hydrogen-bond acceptors (Lipinski definition) is 3. The molecule has 3 aliphatic rings. The summed E-state index contributed by atoms with van der Waals surface area (Å²) >= 11 is 0. The van der Waals surface area contributed by atoms with Crippen LogP contribution in [-0.4, -0.2) is 42.6 Å². The van der Waals surface area contributed by atoms with Crippen LogP contribution in [0.15, 0.2) is 12.1 Å². The van der Waals surface area contributed by atoms with Crippen LogP contribution in [0, 0.1) is 0 Å². The number of carbonyl (C=O) groups excluding carboxylic acids is 1. The molecule has 4 nitrogen and oxygen atoms in total. The summed E-state index contributed by atoms with van der Waals surface area (Å²) in [6.07, 6.45) is 2.03. The number of rotatable bonds is 5. The van der Waals surface area contributed by atoms with Crippen LogP contribution in [0.5, 0.6) is 5.75 Å². The Kier molecular flexibility index (Phi) is 5.08. The van der Waals surface area contributed by atoms with Crippen molar-refractivity contribution in [2.45, 2.75) is 81.6 Å². The van der Waals surface area contributed by atoms with Crippen molar-refractivity contribution in [3.63, 3.8) is 0 Å². The van der Waals surface area contributed by atoms with Crippen LogP contribution in [-0.2, 0) is 6.18 Å². The molecule has 29 heavy (non-hydrogen) atoms. The summed E-state index contributed by atoms with van der Waals surface area (Å²) in [5.41, 5.74) is -0.366. The number of carbonyl (C=O) groups is 1. The molecule has 2 saturated heterocycles. The number of alkyl halides is 3. The number of nitrogens with one attached hydrogen (secondary N) is 1. The highest BCUT2D eigenvalue weighted by molar-refractivity contribution is 5.99. The second kappa shape index (κ2) is 7.18. The quantitative estimate of drug-likeness (QED) is 0.763. The van der Waals surface area contributed by atoms with E-state index in [0.29, 0.717) is 11.6 Å². The molecule has 160 valence electrons. The van der Waals surface area contributed by atoms with Gasteiger partial charge in [-0.25, -0.2) is 0 Å². The molecule has 1 amide bonds. The van der Waals surface area contributed by atoms with Gasteiger partial charge in [-0.3, -0.25) is 9.69 Å². The third kappa shape index (κ3) is 3.51. The van der Waals surface area contributed by atoms with E-state index in [-0.39, 0.29) is 34.7 Å². The zero-order valence-corrected chi connectivity index (χ0v) is 17.2. The molecule has 0 radical (unpaired) electrons. The third-order valence-corrected chi connectivity index (χ3v) is 7.32. The van der Waals surface area contributed by atoms with Crippen LogP contribution < -0.4 is 10.1 Å². The van der Waals surface area contributed by atoms with Crippen LogP contribution in [0.1, 0.15) is 79.3 Å². The van der Waals surface area contributed by atoms with E-state index in [1.165, 1.54) is 7.11 Å². The number of nitrogens with zero attached hydrogens (tertiary/aromatic N) is 1. The second-order valence-electron chi connectivity index (χ2n) is 8.83. The standard InChI is InChI=1S/C22H29F3N2O2/c1-4-21(10-9-15-7-8-18(21)27(15)2)26-20(28)19-16(13-5-6-13)11-14(22(23,24)25)12-17(19)29-3/h11-13,15,18H,4-10H2,1-3H3,(H,26,28). The second-order valence-corrected chi connectivity index (χ2v) is 8.83. The van der Waals surface area contributed by atoms with Gasteiger partial charge in [-0.2, -0.15) is 13.2 Å². The van der Waals surface area contributed by atoms with Gasteiger partial charge in [0.2, 0.25) is 0 Å². The van der Waals surface area contributed by atoms with Gasteiger partial charge in [-0.1, -0.05) is 6.92 Å². The van der Waals surface area contributed by atoms with Gasteiger partial charge in [0.05, 0.1) is 23.8 Å². The van der Waals surface area contributed by atoms with Gasteiger partial charge < -0.3 is 10.1 Å². The summed E-state index contributed by atoms with van der Waals surface area (Å²) in [6, 6.07) is 2.93. The van der Waals surface area contributed by atoms with E-state index in [0.717, 1.165) is 57.1 Å². The molecule has 0 aromatic heterocycles. The molecule has 3 atom stereocenters. The third-order valence-electron chi connectivity index (χ3n) is 7.32. The van der Waals surface area contributed by atoms with Gasteiger partial charge >= 0.3 is 6.18 Å². The van der Waals surface area contributed by atoms with Gasteiger partial charge in [0.15, 0.2) is 0 Å². The van der Waals surface area contributed by atoms with Crippen LogP contribution in [0.4, 0.5) is 13.2 Å². The maximum Gasteiger partial charge on any atom is 0.416 e. The molecule has 2 aliphatic heterocycles. The Morgan fingerprint density at radius 3 is 2.55 bits per heavy atom. The lowest BCUT2D eigenvalue weighted by molar-refractivity contribution is -0.137. The first kappa shape index (κ1) is 20.5. The molecule has 2 bridgehead atoms. The maximum absolute atomic E-state index is 13.5. The molecule has 3 fully saturated rings. The van der Waals surface area contributed by atoms with E-state index in [4.69, 9.17) is 4.74 Å². The first-order valence-corrected chi connectivity index (χ1v) is 10.5. The van der Waals surface area contributed by atoms with E-state index < -0.39 is 11.7 Å². The molecular formula is C22H29F3N2O2. The fourth-order valence-corrected chi connectivity index (χ4v) is 5.47. The summed E-state index contributed by atoms with van der Waals surface area (Å²) in [7, 11) is 3.45. The summed E-state index contributed by atoms with van der Waals surface area (Å²) in [5, 5.41) is 3.27. The number of halogens is 3.